The van der Waals surface area contributed by atoms with Crippen molar-refractivity contribution >= 4 is 27.6 Å². The van der Waals surface area contributed by atoms with Crippen LogP contribution in [0.3, 0.4) is 0 Å². The van der Waals surface area contributed by atoms with Gasteiger partial charge in [-0.2, -0.15) is 0 Å². The zero-order valence-electron chi connectivity index (χ0n) is 12.2. The molecular weight excluding hydrogens is 296 g/mol. The number of benzene rings is 2. The molecule has 1 N–H and O–H groups in total. The molecule has 0 aliphatic carbocycles. The number of rotatable bonds is 3. The van der Waals surface area contributed by atoms with Gasteiger partial charge in [-0.15, -0.1) is 0 Å². The minimum atomic E-state index is -0.559. The van der Waals surface area contributed by atoms with Crippen molar-refractivity contribution in [1.82, 2.24) is 14.5 Å². The maximum Gasteiger partial charge on any atom is 0.427 e. The average Bonchev–Trinajstić information content (AvgIpc) is 3.08. The van der Waals surface area contributed by atoms with Crippen LogP contribution in [0.1, 0.15) is 0 Å². The number of imidazole rings is 1. The summed E-state index contributed by atoms with van der Waals surface area (Å²) in [7, 11) is 1.65. The van der Waals surface area contributed by atoms with E-state index in [-0.39, 0.29) is 11.7 Å². The molecule has 0 unspecified atom stereocenters. The summed E-state index contributed by atoms with van der Waals surface area (Å²) in [6.45, 7) is 0. The summed E-state index contributed by atoms with van der Waals surface area (Å²) in [4.78, 5) is 17.5. The van der Waals surface area contributed by atoms with Crippen LogP contribution >= 0.6 is 0 Å². The van der Waals surface area contributed by atoms with Crippen molar-refractivity contribution in [3.8, 4) is 11.6 Å². The number of nitro groups is 1. The minimum absolute atomic E-state index is 0.102. The maximum absolute atomic E-state index is 11.0. The van der Waals surface area contributed by atoms with Gasteiger partial charge >= 0.3 is 11.7 Å². The molecule has 4 aromatic rings. The first-order valence-corrected chi connectivity index (χ1v) is 6.97. The summed E-state index contributed by atoms with van der Waals surface area (Å²) in [6, 6.07) is 13.5. The van der Waals surface area contributed by atoms with Gasteiger partial charge in [-0.3, -0.25) is 4.57 Å². The fourth-order valence-electron chi connectivity index (χ4n) is 2.66. The Labute approximate surface area is 130 Å². The van der Waals surface area contributed by atoms with E-state index in [1.54, 1.807) is 13.1 Å². The van der Waals surface area contributed by atoms with E-state index in [1.165, 1.54) is 10.9 Å². The number of ether oxygens (including phenoxy) is 1. The van der Waals surface area contributed by atoms with Crippen molar-refractivity contribution in [2.24, 2.45) is 7.05 Å². The SMILES string of the molecule is Cn1cnc([N+](=O)[O-])c1Oc1ccc2c(c1)[nH]c1ccccc12. The highest BCUT2D eigenvalue weighted by atomic mass is 16.6. The van der Waals surface area contributed by atoms with Crippen molar-refractivity contribution in [2.45, 2.75) is 0 Å². The third kappa shape index (κ3) is 2.10. The third-order valence-corrected chi connectivity index (χ3v) is 3.73. The van der Waals surface area contributed by atoms with Crippen molar-refractivity contribution in [3.05, 3.63) is 58.9 Å². The zero-order chi connectivity index (χ0) is 16.0. The average molecular weight is 308 g/mol. The Morgan fingerprint density at radius 1 is 1.17 bits per heavy atom. The quantitative estimate of drug-likeness (QED) is 0.461. The van der Waals surface area contributed by atoms with Crippen molar-refractivity contribution in [2.75, 3.05) is 0 Å². The Bertz CT molecular complexity index is 1050. The fraction of sp³-hybridized carbons (Fsp3) is 0.0625. The third-order valence-electron chi connectivity index (χ3n) is 3.73. The van der Waals surface area contributed by atoms with E-state index >= 15 is 0 Å². The van der Waals surface area contributed by atoms with E-state index in [1.807, 2.05) is 36.4 Å². The lowest BCUT2D eigenvalue weighted by molar-refractivity contribution is -0.390. The second-order valence-corrected chi connectivity index (χ2v) is 5.22. The van der Waals surface area contributed by atoms with Crippen molar-refractivity contribution in [1.29, 1.82) is 0 Å². The first-order chi connectivity index (χ1) is 11.1. The van der Waals surface area contributed by atoms with Gasteiger partial charge in [-0.1, -0.05) is 18.2 Å². The number of aromatic amines is 1. The van der Waals surface area contributed by atoms with Crippen LogP contribution in [-0.4, -0.2) is 19.5 Å². The number of aryl methyl sites for hydroxylation is 1. The molecule has 4 rings (SSSR count). The monoisotopic (exact) mass is 308 g/mol. The van der Waals surface area contributed by atoms with Crippen LogP contribution in [0, 0.1) is 10.1 Å². The minimum Gasteiger partial charge on any atom is -0.434 e. The molecular formula is C16H12N4O3. The number of nitrogens with one attached hydrogen (secondary N) is 1. The number of fused-ring (bicyclic) bond motifs is 3. The Hall–Kier alpha value is -3.35. The molecule has 7 nitrogen and oxygen atoms in total. The molecule has 0 saturated carbocycles. The molecule has 0 radical (unpaired) electrons. The van der Waals surface area contributed by atoms with Gasteiger partial charge in [0.25, 0.3) is 0 Å². The standard InChI is InChI=1S/C16H12N4O3/c1-19-9-17-15(20(21)22)16(19)23-10-6-7-12-11-4-2-3-5-13(11)18-14(12)8-10/h2-9,18H,1H3. The Morgan fingerprint density at radius 3 is 2.78 bits per heavy atom. The predicted octanol–water partition coefficient (Wildman–Crippen LogP) is 3.76. The Kier molecular flexibility index (Phi) is 2.80. The van der Waals surface area contributed by atoms with Gasteiger partial charge in [0.15, 0.2) is 0 Å². The van der Waals surface area contributed by atoms with Gasteiger partial charge in [0.1, 0.15) is 5.75 Å². The summed E-state index contributed by atoms with van der Waals surface area (Å²) in [6.07, 6.45) is 1.36. The molecule has 0 bridgehead atoms. The lowest BCUT2D eigenvalue weighted by Crippen LogP contribution is -1.96. The molecule has 0 amide bonds. The second kappa shape index (κ2) is 4.84. The lowest BCUT2D eigenvalue weighted by Gasteiger charge is -2.05. The van der Waals surface area contributed by atoms with E-state index in [4.69, 9.17) is 4.74 Å². The molecule has 0 fully saturated rings. The van der Waals surface area contributed by atoms with Crippen molar-refractivity contribution < 1.29 is 9.66 Å². The fourth-order valence-corrected chi connectivity index (χ4v) is 2.66. The summed E-state index contributed by atoms with van der Waals surface area (Å²) >= 11 is 0. The summed E-state index contributed by atoms with van der Waals surface area (Å²) in [5.41, 5.74) is 1.94. The molecule has 0 aliphatic heterocycles. The van der Waals surface area contributed by atoms with Crippen LogP contribution in [-0.2, 0) is 7.05 Å². The van der Waals surface area contributed by atoms with Gasteiger partial charge in [-0.05, 0) is 28.1 Å². The van der Waals surface area contributed by atoms with Gasteiger partial charge in [0.2, 0.25) is 6.33 Å². The molecule has 0 atom stereocenters. The first-order valence-electron chi connectivity index (χ1n) is 6.97. The summed E-state index contributed by atoms with van der Waals surface area (Å²) in [5.74, 6) is 0.311. The van der Waals surface area contributed by atoms with E-state index in [0.717, 1.165) is 21.8 Å². The molecule has 7 heteroatoms. The van der Waals surface area contributed by atoms with Crippen LogP contribution in [0.5, 0.6) is 11.6 Å². The molecule has 0 aliphatic rings. The molecule has 0 saturated heterocycles. The Balaban J connectivity index is 1.80. The molecule has 114 valence electrons. The lowest BCUT2D eigenvalue weighted by atomic mass is 10.1. The highest BCUT2D eigenvalue weighted by Gasteiger charge is 2.22. The number of H-pyrrole nitrogens is 1. The van der Waals surface area contributed by atoms with Gasteiger partial charge in [0.05, 0.1) is 5.52 Å². The number of hydrogen-bond donors (Lipinski definition) is 1. The number of nitrogens with zero attached hydrogens (tertiary/aromatic N) is 3. The topological polar surface area (TPSA) is 86.0 Å². The normalized spacial score (nSPS) is 11.2. The molecule has 2 aromatic heterocycles. The van der Waals surface area contributed by atoms with Crippen LogP contribution < -0.4 is 4.74 Å². The Morgan fingerprint density at radius 2 is 1.96 bits per heavy atom. The highest BCUT2D eigenvalue weighted by molar-refractivity contribution is 6.07. The van der Waals surface area contributed by atoms with E-state index in [9.17, 15) is 10.1 Å². The molecule has 0 spiro atoms. The van der Waals surface area contributed by atoms with Crippen molar-refractivity contribution in [3.63, 3.8) is 0 Å². The molecule has 2 heterocycles. The van der Waals surface area contributed by atoms with Crippen LogP contribution in [0.4, 0.5) is 5.82 Å². The van der Waals surface area contributed by atoms with Gasteiger partial charge in [-0.25, -0.2) is 0 Å². The van der Waals surface area contributed by atoms with Crippen LogP contribution in [0.15, 0.2) is 48.8 Å². The largest absolute Gasteiger partial charge is 0.434 e. The zero-order valence-corrected chi connectivity index (χ0v) is 12.2. The van der Waals surface area contributed by atoms with E-state index < -0.39 is 4.92 Å². The van der Waals surface area contributed by atoms with E-state index in [2.05, 4.69) is 9.97 Å². The number of hydrogen-bond acceptors (Lipinski definition) is 4. The van der Waals surface area contributed by atoms with Crippen LogP contribution in [0.2, 0.25) is 0 Å². The van der Waals surface area contributed by atoms with E-state index in [0.29, 0.717) is 5.75 Å². The summed E-state index contributed by atoms with van der Waals surface area (Å²) in [5, 5.41) is 13.2. The first kappa shape index (κ1) is 13.3. The second-order valence-electron chi connectivity index (χ2n) is 5.22. The van der Waals surface area contributed by atoms with Gasteiger partial charge < -0.3 is 19.8 Å². The molecule has 2 aromatic carbocycles. The smallest absolute Gasteiger partial charge is 0.427 e. The van der Waals surface area contributed by atoms with Crippen LogP contribution in [0.25, 0.3) is 21.8 Å². The number of aromatic nitrogens is 3. The number of para-hydroxylation sites is 1. The van der Waals surface area contributed by atoms with Gasteiger partial charge in [0, 0.05) is 29.4 Å². The highest BCUT2D eigenvalue weighted by Crippen LogP contribution is 2.33. The predicted molar refractivity (Wildman–Crippen MR) is 85.7 cm³/mol. The summed E-state index contributed by atoms with van der Waals surface area (Å²) < 4.78 is 7.16. The molecule has 23 heavy (non-hydrogen) atoms. The maximum atomic E-state index is 11.0.